The molecule has 0 aromatic heterocycles. The zero-order chi connectivity index (χ0) is 13.3. The van der Waals surface area contributed by atoms with Gasteiger partial charge in [-0.25, -0.2) is 0 Å². The van der Waals surface area contributed by atoms with Gasteiger partial charge in [-0.1, -0.05) is 36.4 Å². The largest absolute Gasteiger partial charge is 0.481 e. The number of hydrogen-bond acceptors (Lipinski definition) is 1. The van der Waals surface area contributed by atoms with E-state index < -0.39 is 11.4 Å². The number of fused-ring (bicyclic) bond motifs is 1. The fraction of sp³-hybridized carbons (Fsp3) is 0.312. The molecule has 0 amide bonds. The number of hydrogen-bond donors (Lipinski definition) is 1. The predicted octanol–water partition coefficient (Wildman–Crippen LogP) is 3.80. The van der Waals surface area contributed by atoms with Crippen LogP contribution in [0, 0.1) is 12.3 Å². The molecule has 1 N–H and O–H groups in total. The summed E-state index contributed by atoms with van der Waals surface area (Å²) in [6.45, 7) is 5.61. The highest BCUT2D eigenvalue weighted by Crippen LogP contribution is 2.28. The topological polar surface area (TPSA) is 37.3 Å². The lowest BCUT2D eigenvalue weighted by Crippen LogP contribution is -2.26. The van der Waals surface area contributed by atoms with Crippen LogP contribution < -0.4 is 0 Å². The second-order valence-corrected chi connectivity index (χ2v) is 5.45. The van der Waals surface area contributed by atoms with E-state index in [9.17, 15) is 9.90 Å². The Morgan fingerprint density at radius 1 is 1.11 bits per heavy atom. The monoisotopic (exact) mass is 242 g/mol. The zero-order valence-electron chi connectivity index (χ0n) is 11.0. The second-order valence-electron chi connectivity index (χ2n) is 5.45. The first kappa shape index (κ1) is 12.6. The van der Waals surface area contributed by atoms with Crippen LogP contribution in [-0.2, 0) is 11.2 Å². The molecule has 0 aliphatic carbocycles. The molecule has 2 rings (SSSR count). The fourth-order valence-corrected chi connectivity index (χ4v) is 2.22. The summed E-state index contributed by atoms with van der Waals surface area (Å²) in [6.07, 6.45) is 0.545. The van der Waals surface area contributed by atoms with Gasteiger partial charge >= 0.3 is 5.97 Å². The molecule has 0 aliphatic heterocycles. The van der Waals surface area contributed by atoms with Crippen molar-refractivity contribution in [3.8, 4) is 0 Å². The fourth-order valence-electron chi connectivity index (χ4n) is 2.22. The average molecular weight is 242 g/mol. The van der Waals surface area contributed by atoms with Gasteiger partial charge in [0, 0.05) is 0 Å². The number of carboxylic acids is 1. The summed E-state index contributed by atoms with van der Waals surface area (Å²) in [5.41, 5.74) is 1.59. The van der Waals surface area contributed by atoms with E-state index in [0.717, 1.165) is 10.9 Å². The molecule has 0 saturated carbocycles. The Morgan fingerprint density at radius 2 is 1.72 bits per heavy atom. The minimum atomic E-state index is -0.757. The number of benzene rings is 2. The third-order valence-corrected chi connectivity index (χ3v) is 3.44. The van der Waals surface area contributed by atoms with Gasteiger partial charge in [-0.3, -0.25) is 4.79 Å². The molecule has 94 valence electrons. The first-order chi connectivity index (χ1) is 8.42. The lowest BCUT2D eigenvalue weighted by molar-refractivity contribution is -0.146. The SMILES string of the molecule is Cc1ccc(CC(C)(C)C(=O)O)c2ccccc12. The minimum Gasteiger partial charge on any atom is -0.481 e. The molecule has 0 atom stereocenters. The molecule has 2 heteroatoms. The Balaban J connectivity index is 2.53. The van der Waals surface area contributed by atoms with Crippen LogP contribution in [0.3, 0.4) is 0 Å². The quantitative estimate of drug-likeness (QED) is 0.888. The maximum absolute atomic E-state index is 11.2. The molecule has 0 spiro atoms. The van der Waals surface area contributed by atoms with E-state index in [1.807, 2.05) is 18.2 Å². The highest BCUT2D eigenvalue weighted by molar-refractivity contribution is 5.89. The normalized spacial score (nSPS) is 11.7. The highest BCUT2D eigenvalue weighted by atomic mass is 16.4. The molecule has 0 aliphatic rings. The summed E-state index contributed by atoms with van der Waals surface area (Å²) in [5.74, 6) is -0.757. The summed E-state index contributed by atoms with van der Waals surface area (Å²) in [5, 5.41) is 11.6. The predicted molar refractivity (Wildman–Crippen MR) is 73.8 cm³/mol. The summed E-state index contributed by atoms with van der Waals surface area (Å²) in [7, 11) is 0. The van der Waals surface area contributed by atoms with Crippen LogP contribution in [0.2, 0.25) is 0 Å². The zero-order valence-corrected chi connectivity index (χ0v) is 11.0. The van der Waals surface area contributed by atoms with Gasteiger partial charge in [-0.05, 0) is 49.1 Å². The Labute approximate surface area is 107 Å². The van der Waals surface area contributed by atoms with E-state index in [4.69, 9.17) is 0 Å². The van der Waals surface area contributed by atoms with Gasteiger partial charge in [-0.15, -0.1) is 0 Å². The second kappa shape index (κ2) is 4.45. The van der Waals surface area contributed by atoms with Crippen LogP contribution in [0.15, 0.2) is 36.4 Å². The maximum atomic E-state index is 11.2. The summed E-state index contributed by atoms with van der Waals surface area (Å²) in [4.78, 5) is 11.2. The van der Waals surface area contributed by atoms with E-state index in [0.29, 0.717) is 6.42 Å². The van der Waals surface area contributed by atoms with Crippen LogP contribution in [0.5, 0.6) is 0 Å². The Bertz CT molecular complexity index is 597. The Hall–Kier alpha value is -1.83. The third-order valence-electron chi connectivity index (χ3n) is 3.44. The molecule has 0 unspecified atom stereocenters. The van der Waals surface area contributed by atoms with E-state index >= 15 is 0 Å². The van der Waals surface area contributed by atoms with Crippen LogP contribution >= 0.6 is 0 Å². The van der Waals surface area contributed by atoms with Crippen molar-refractivity contribution >= 4 is 16.7 Å². The van der Waals surface area contributed by atoms with E-state index in [-0.39, 0.29) is 0 Å². The molecule has 0 fully saturated rings. The molecule has 0 saturated heterocycles. The smallest absolute Gasteiger partial charge is 0.309 e. The number of aryl methyl sites for hydroxylation is 1. The average Bonchev–Trinajstić information content (AvgIpc) is 2.33. The molecule has 2 aromatic carbocycles. The molecule has 0 bridgehead atoms. The standard InChI is InChI=1S/C16H18O2/c1-11-8-9-12(10-16(2,3)15(17)18)14-7-5-4-6-13(11)14/h4-9H,10H2,1-3H3,(H,17,18). The Morgan fingerprint density at radius 3 is 2.33 bits per heavy atom. The lowest BCUT2D eigenvalue weighted by atomic mass is 9.84. The first-order valence-electron chi connectivity index (χ1n) is 6.12. The van der Waals surface area contributed by atoms with E-state index in [1.165, 1.54) is 10.9 Å². The highest BCUT2D eigenvalue weighted by Gasteiger charge is 2.27. The van der Waals surface area contributed by atoms with Gasteiger partial charge in [0.15, 0.2) is 0 Å². The van der Waals surface area contributed by atoms with Crippen LogP contribution in [0.25, 0.3) is 10.8 Å². The van der Waals surface area contributed by atoms with Crippen LogP contribution in [0.4, 0.5) is 0 Å². The van der Waals surface area contributed by atoms with E-state index in [1.54, 1.807) is 13.8 Å². The van der Waals surface area contributed by atoms with Crippen molar-refractivity contribution in [3.05, 3.63) is 47.5 Å². The van der Waals surface area contributed by atoms with Crippen LogP contribution in [-0.4, -0.2) is 11.1 Å². The molecule has 0 heterocycles. The summed E-state index contributed by atoms with van der Waals surface area (Å²) < 4.78 is 0. The van der Waals surface area contributed by atoms with Crippen molar-refractivity contribution in [1.82, 2.24) is 0 Å². The van der Waals surface area contributed by atoms with Gasteiger partial charge in [0.25, 0.3) is 0 Å². The molecular weight excluding hydrogens is 224 g/mol. The molecular formula is C16H18O2. The van der Waals surface area contributed by atoms with Crippen molar-refractivity contribution in [1.29, 1.82) is 0 Å². The molecule has 0 radical (unpaired) electrons. The van der Waals surface area contributed by atoms with E-state index in [2.05, 4.69) is 25.1 Å². The number of aliphatic carboxylic acids is 1. The van der Waals surface area contributed by atoms with Gasteiger partial charge in [0.05, 0.1) is 5.41 Å². The van der Waals surface area contributed by atoms with Crippen LogP contribution in [0.1, 0.15) is 25.0 Å². The Kier molecular flexibility index (Phi) is 3.12. The van der Waals surface area contributed by atoms with Crippen molar-refractivity contribution in [2.45, 2.75) is 27.2 Å². The maximum Gasteiger partial charge on any atom is 0.309 e. The van der Waals surface area contributed by atoms with Gasteiger partial charge in [-0.2, -0.15) is 0 Å². The van der Waals surface area contributed by atoms with Crippen molar-refractivity contribution in [2.24, 2.45) is 5.41 Å². The van der Waals surface area contributed by atoms with Gasteiger partial charge in [0.2, 0.25) is 0 Å². The minimum absolute atomic E-state index is 0.545. The van der Waals surface area contributed by atoms with Crippen molar-refractivity contribution in [2.75, 3.05) is 0 Å². The number of rotatable bonds is 3. The lowest BCUT2D eigenvalue weighted by Gasteiger charge is -2.20. The number of carbonyl (C=O) groups is 1. The first-order valence-corrected chi connectivity index (χ1v) is 6.12. The molecule has 2 nitrogen and oxygen atoms in total. The summed E-state index contributed by atoms with van der Waals surface area (Å²) in [6, 6.07) is 12.3. The van der Waals surface area contributed by atoms with Crippen molar-refractivity contribution < 1.29 is 9.90 Å². The van der Waals surface area contributed by atoms with Crippen molar-refractivity contribution in [3.63, 3.8) is 0 Å². The van der Waals surface area contributed by atoms with Gasteiger partial charge < -0.3 is 5.11 Å². The number of carboxylic acid groups (broad SMARTS) is 1. The molecule has 2 aromatic rings. The molecule has 18 heavy (non-hydrogen) atoms. The third kappa shape index (κ3) is 2.23. The summed E-state index contributed by atoms with van der Waals surface area (Å²) >= 11 is 0. The van der Waals surface area contributed by atoms with Gasteiger partial charge in [0.1, 0.15) is 0 Å².